The summed E-state index contributed by atoms with van der Waals surface area (Å²) in [6, 6.07) is 12.8. The van der Waals surface area contributed by atoms with Crippen molar-refractivity contribution in [2.75, 3.05) is 32.5 Å². The van der Waals surface area contributed by atoms with Gasteiger partial charge >= 0.3 is 0 Å². The summed E-state index contributed by atoms with van der Waals surface area (Å²) in [5.74, 6) is -0.183. The van der Waals surface area contributed by atoms with E-state index in [0.29, 0.717) is 23.5 Å². The van der Waals surface area contributed by atoms with E-state index in [-0.39, 0.29) is 5.91 Å². The topological polar surface area (TPSA) is 81.0 Å². The monoisotopic (exact) mass is 323 g/mol. The molecular formula is C18H21N5O. The second kappa shape index (κ2) is 8.65. The van der Waals surface area contributed by atoms with Gasteiger partial charge in [-0.15, -0.1) is 0 Å². The predicted molar refractivity (Wildman–Crippen MR) is 94.2 cm³/mol. The Hall–Kier alpha value is -2.91. The fourth-order valence-electron chi connectivity index (χ4n) is 2.14. The number of rotatable bonds is 7. The molecule has 2 rings (SSSR count). The molecular weight excluding hydrogens is 302 g/mol. The highest BCUT2D eigenvalue weighted by atomic mass is 16.1. The Morgan fingerprint density at radius 3 is 2.71 bits per heavy atom. The maximum absolute atomic E-state index is 12.0. The minimum absolute atomic E-state index is 0.183. The SMILES string of the molecule is CN(C)CCCNC(=O)c1ccc(Nc2ccccc2C#N)cn1. The fraction of sp³-hybridized carbons (Fsp3) is 0.278. The quantitative estimate of drug-likeness (QED) is 0.765. The van der Waals surface area contributed by atoms with E-state index in [9.17, 15) is 4.79 Å². The summed E-state index contributed by atoms with van der Waals surface area (Å²) in [4.78, 5) is 18.3. The van der Waals surface area contributed by atoms with E-state index < -0.39 is 0 Å². The number of amides is 1. The van der Waals surface area contributed by atoms with Gasteiger partial charge in [0.1, 0.15) is 11.8 Å². The average Bonchev–Trinajstić information content (AvgIpc) is 2.59. The Morgan fingerprint density at radius 1 is 1.25 bits per heavy atom. The Morgan fingerprint density at radius 2 is 2.04 bits per heavy atom. The summed E-state index contributed by atoms with van der Waals surface area (Å²) < 4.78 is 0. The lowest BCUT2D eigenvalue weighted by Crippen LogP contribution is -2.27. The number of pyridine rings is 1. The smallest absolute Gasteiger partial charge is 0.269 e. The molecule has 6 heteroatoms. The number of nitriles is 1. The van der Waals surface area contributed by atoms with Crippen LogP contribution in [0.4, 0.5) is 11.4 Å². The van der Waals surface area contributed by atoms with Crippen LogP contribution in [-0.4, -0.2) is 43.0 Å². The summed E-state index contributed by atoms with van der Waals surface area (Å²) >= 11 is 0. The van der Waals surface area contributed by atoms with Crippen LogP contribution in [0.15, 0.2) is 42.6 Å². The van der Waals surface area contributed by atoms with Crippen molar-refractivity contribution in [2.24, 2.45) is 0 Å². The first-order valence-corrected chi connectivity index (χ1v) is 7.75. The van der Waals surface area contributed by atoms with Crippen LogP contribution in [0.3, 0.4) is 0 Å². The second-order valence-electron chi connectivity index (χ2n) is 5.63. The number of para-hydroxylation sites is 1. The van der Waals surface area contributed by atoms with E-state index >= 15 is 0 Å². The molecule has 2 aromatic rings. The average molecular weight is 323 g/mol. The lowest BCUT2D eigenvalue weighted by atomic mass is 10.2. The van der Waals surface area contributed by atoms with E-state index in [1.54, 1.807) is 24.4 Å². The van der Waals surface area contributed by atoms with E-state index in [4.69, 9.17) is 5.26 Å². The molecule has 0 aliphatic carbocycles. The molecule has 1 aromatic carbocycles. The van der Waals surface area contributed by atoms with Crippen molar-refractivity contribution in [3.05, 3.63) is 53.9 Å². The Kier molecular flexibility index (Phi) is 6.29. The molecule has 24 heavy (non-hydrogen) atoms. The maximum Gasteiger partial charge on any atom is 0.269 e. The zero-order valence-corrected chi connectivity index (χ0v) is 13.9. The predicted octanol–water partition coefficient (Wildman–Crippen LogP) is 2.38. The molecule has 0 unspecified atom stereocenters. The van der Waals surface area contributed by atoms with Crippen molar-refractivity contribution in [1.82, 2.24) is 15.2 Å². The molecule has 0 atom stereocenters. The van der Waals surface area contributed by atoms with Crippen LogP contribution in [0.25, 0.3) is 0 Å². The molecule has 0 saturated heterocycles. The number of carbonyl (C=O) groups is 1. The van der Waals surface area contributed by atoms with Gasteiger partial charge in [0, 0.05) is 6.54 Å². The molecule has 2 N–H and O–H groups in total. The molecule has 6 nitrogen and oxygen atoms in total. The summed E-state index contributed by atoms with van der Waals surface area (Å²) in [5, 5.41) is 15.1. The van der Waals surface area contributed by atoms with Gasteiger partial charge in [0.15, 0.2) is 0 Å². The van der Waals surface area contributed by atoms with Crippen LogP contribution in [-0.2, 0) is 0 Å². The highest BCUT2D eigenvalue weighted by molar-refractivity contribution is 5.92. The molecule has 0 bridgehead atoms. The lowest BCUT2D eigenvalue weighted by molar-refractivity contribution is 0.0947. The van der Waals surface area contributed by atoms with Gasteiger partial charge in [0.25, 0.3) is 5.91 Å². The highest BCUT2D eigenvalue weighted by Crippen LogP contribution is 2.19. The molecule has 1 heterocycles. The Bertz CT molecular complexity index is 719. The fourth-order valence-corrected chi connectivity index (χ4v) is 2.14. The van der Waals surface area contributed by atoms with Crippen LogP contribution in [0.2, 0.25) is 0 Å². The molecule has 0 aliphatic heterocycles. The van der Waals surface area contributed by atoms with Gasteiger partial charge in [-0.2, -0.15) is 5.26 Å². The Balaban J connectivity index is 1.93. The van der Waals surface area contributed by atoms with Crippen molar-refractivity contribution < 1.29 is 4.79 Å². The first-order valence-electron chi connectivity index (χ1n) is 7.75. The van der Waals surface area contributed by atoms with Gasteiger partial charge in [-0.1, -0.05) is 12.1 Å². The number of hydrogen-bond donors (Lipinski definition) is 2. The van der Waals surface area contributed by atoms with E-state index in [1.165, 1.54) is 0 Å². The van der Waals surface area contributed by atoms with Crippen LogP contribution >= 0.6 is 0 Å². The van der Waals surface area contributed by atoms with Crippen molar-refractivity contribution in [2.45, 2.75) is 6.42 Å². The molecule has 1 aromatic heterocycles. The molecule has 0 saturated carbocycles. The second-order valence-corrected chi connectivity index (χ2v) is 5.63. The van der Waals surface area contributed by atoms with Crippen LogP contribution in [0.1, 0.15) is 22.5 Å². The number of nitrogens with one attached hydrogen (secondary N) is 2. The minimum atomic E-state index is -0.183. The zero-order chi connectivity index (χ0) is 17.4. The number of carbonyl (C=O) groups excluding carboxylic acids is 1. The maximum atomic E-state index is 12.0. The van der Waals surface area contributed by atoms with Gasteiger partial charge in [-0.05, 0) is 51.3 Å². The summed E-state index contributed by atoms with van der Waals surface area (Å²) in [6.07, 6.45) is 2.48. The van der Waals surface area contributed by atoms with Crippen molar-refractivity contribution in [1.29, 1.82) is 5.26 Å². The third-order valence-corrected chi connectivity index (χ3v) is 3.39. The molecule has 0 spiro atoms. The van der Waals surface area contributed by atoms with Gasteiger partial charge in [-0.25, -0.2) is 4.98 Å². The van der Waals surface area contributed by atoms with Crippen molar-refractivity contribution >= 4 is 17.3 Å². The first kappa shape index (κ1) is 17.4. The largest absolute Gasteiger partial charge is 0.353 e. The van der Waals surface area contributed by atoms with E-state index in [2.05, 4.69) is 26.6 Å². The minimum Gasteiger partial charge on any atom is -0.353 e. The summed E-state index contributed by atoms with van der Waals surface area (Å²) in [5.41, 5.74) is 2.36. The van der Waals surface area contributed by atoms with E-state index in [1.807, 2.05) is 32.3 Å². The van der Waals surface area contributed by atoms with E-state index in [0.717, 1.165) is 18.7 Å². The number of hydrogen-bond acceptors (Lipinski definition) is 5. The van der Waals surface area contributed by atoms with Crippen LogP contribution in [0, 0.1) is 11.3 Å². The molecule has 1 amide bonds. The third-order valence-electron chi connectivity index (χ3n) is 3.39. The number of benzene rings is 1. The molecule has 124 valence electrons. The van der Waals surface area contributed by atoms with Crippen molar-refractivity contribution in [3.8, 4) is 6.07 Å². The van der Waals surface area contributed by atoms with Gasteiger partial charge in [0.05, 0.1) is 23.1 Å². The number of aromatic nitrogens is 1. The molecule has 0 aliphatic rings. The summed E-state index contributed by atoms with van der Waals surface area (Å²) in [7, 11) is 4.00. The molecule has 0 fully saturated rings. The molecule has 0 radical (unpaired) electrons. The normalized spacial score (nSPS) is 10.2. The van der Waals surface area contributed by atoms with Crippen LogP contribution in [0.5, 0.6) is 0 Å². The highest BCUT2D eigenvalue weighted by Gasteiger charge is 2.07. The van der Waals surface area contributed by atoms with Gasteiger partial charge in [-0.3, -0.25) is 4.79 Å². The van der Waals surface area contributed by atoms with Gasteiger partial charge in [0.2, 0.25) is 0 Å². The Labute approximate surface area is 142 Å². The lowest BCUT2D eigenvalue weighted by Gasteiger charge is -2.10. The van der Waals surface area contributed by atoms with Gasteiger partial charge < -0.3 is 15.5 Å². The number of anilines is 2. The third kappa shape index (κ3) is 5.07. The first-order chi connectivity index (χ1) is 11.6. The number of nitrogens with zero attached hydrogens (tertiary/aromatic N) is 3. The zero-order valence-electron chi connectivity index (χ0n) is 13.9. The standard InChI is InChI=1S/C18H21N5O/c1-23(2)11-5-10-20-18(24)17-9-8-15(13-21-17)22-16-7-4-3-6-14(16)12-19/h3-4,6-9,13,22H,5,10-11H2,1-2H3,(H,20,24). The van der Waals surface area contributed by atoms with Crippen molar-refractivity contribution in [3.63, 3.8) is 0 Å². The summed E-state index contributed by atoms with van der Waals surface area (Å²) in [6.45, 7) is 1.54. The van der Waals surface area contributed by atoms with Crippen LogP contribution < -0.4 is 10.6 Å².